The van der Waals surface area contributed by atoms with Gasteiger partial charge in [0.15, 0.2) is 0 Å². The normalized spacial score (nSPS) is 46.4. The Hall–Kier alpha value is -1.61. The molecule has 0 spiro atoms. The molecule has 0 aromatic heterocycles. The molecule has 41 heavy (non-hydrogen) atoms. The van der Waals surface area contributed by atoms with Crippen LogP contribution in [0.2, 0.25) is 0 Å². The second-order valence-electron chi connectivity index (χ2n) is 16.7. The van der Waals surface area contributed by atoms with Crippen LogP contribution in [0, 0.1) is 56.7 Å². The molecular weight excluding hydrogens is 504 g/mol. The Morgan fingerprint density at radius 2 is 1.61 bits per heavy atom. The Balaban J connectivity index is 1.34. The van der Waals surface area contributed by atoms with Gasteiger partial charge in [0.05, 0.1) is 11.5 Å². The van der Waals surface area contributed by atoms with Crippen molar-refractivity contribution in [2.24, 2.45) is 56.7 Å². The summed E-state index contributed by atoms with van der Waals surface area (Å²) in [6, 6.07) is 10.2. The highest BCUT2D eigenvalue weighted by molar-refractivity contribution is 5.78. The van der Waals surface area contributed by atoms with Crippen molar-refractivity contribution in [3.63, 3.8) is 0 Å². The molecule has 0 bridgehead atoms. The first-order chi connectivity index (χ1) is 19.3. The number of hydrogen-bond acceptors (Lipinski definition) is 3. The quantitative estimate of drug-likeness (QED) is 0.288. The minimum atomic E-state index is -0.347. The second-order valence-corrected chi connectivity index (χ2v) is 16.7. The Labute approximate surface area is 249 Å². The van der Waals surface area contributed by atoms with Crippen LogP contribution >= 0.6 is 0 Å². The number of fused-ring (bicyclic) bond motifs is 7. The predicted octanol–water partition coefficient (Wildman–Crippen LogP) is 9.14. The molecule has 0 saturated heterocycles. The van der Waals surface area contributed by atoms with Crippen LogP contribution < -0.4 is 0 Å². The first-order valence-electron chi connectivity index (χ1n) is 16.8. The molecule has 5 saturated carbocycles. The molecule has 0 aliphatic heterocycles. The van der Waals surface area contributed by atoms with Crippen LogP contribution in [0.4, 0.5) is 0 Å². The van der Waals surface area contributed by atoms with E-state index in [1.807, 2.05) is 18.2 Å². The predicted molar refractivity (Wildman–Crippen MR) is 166 cm³/mol. The number of aliphatic hydroxyl groups is 1. The van der Waals surface area contributed by atoms with E-state index in [2.05, 4.69) is 60.3 Å². The molecule has 226 valence electrons. The van der Waals surface area contributed by atoms with Crippen LogP contribution in [-0.4, -0.2) is 17.2 Å². The third-order valence-corrected chi connectivity index (χ3v) is 14.8. The Kier molecular flexibility index (Phi) is 7.16. The molecule has 5 aliphatic carbocycles. The molecule has 5 fully saturated rings. The first-order valence-corrected chi connectivity index (χ1v) is 16.8. The van der Waals surface area contributed by atoms with Crippen LogP contribution in [-0.2, 0) is 16.1 Å². The Morgan fingerprint density at radius 1 is 0.878 bits per heavy atom. The van der Waals surface area contributed by atoms with Gasteiger partial charge in [-0.3, -0.25) is 4.79 Å². The maximum Gasteiger partial charge on any atom is 0.312 e. The lowest BCUT2D eigenvalue weighted by atomic mass is 9.32. The zero-order valence-electron chi connectivity index (χ0n) is 26.8. The fourth-order valence-electron chi connectivity index (χ4n) is 12.6. The summed E-state index contributed by atoms with van der Waals surface area (Å²) in [5.74, 6) is 2.79. The molecule has 6 rings (SSSR count). The van der Waals surface area contributed by atoms with E-state index in [4.69, 9.17) is 4.74 Å². The van der Waals surface area contributed by atoms with Gasteiger partial charge in [-0.05, 0) is 134 Å². The summed E-state index contributed by atoms with van der Waals surface area (Å²) in [6.45, 7) is 19.5. The van der Waals surface area contributed by atoms with E-state index in [0.717, 1.165) is 50.5 Å². The van der Waals surface area contributed by atoms with Gasteiger partial charge < -0.3 is 9.84 Å². The third kappa shape index (κ3) is 4.17. The van der Waals surface area contributed by atoms with Crippen molar-refractivity contribution < 1.29 is 14.6 Å². The number of carbonyl (C=O) groups is 1. The van der Waals surface area contributed by atoms with Crippen molar-refractivity contribution >= 4 is 5.97 Å². The van der Waals surface area contributed by atoms with Crippen LogP contribution in [0.5, 0.6) is 0 Å². The lowest BCUT2D eigenvalue weighted by Crippen LogP contribution is -2.67. The minimum absolute atomic E-state index is 0.0195. The van der Waals surface area contributed by atoms with Crippen molar-refractivity contribution in [2.45, 2.75) is 125 Å². The van der Waals surface area contributed by atoms with E-state index < -0.39 is 0 Å². The van der Waals surface area contributed by atoms with Gasteiger partial charge in [-0.2, -0.15) is 0 Å². The molecule has 10 unspecified atom stereocenters. The van der Waals surface area contributed by atoms with E-state index in [-0.39, 0.29) is 39.1 Å². The number of esters is 1. The van der Waals surface area contributed by atoms with Gasteiger partial charge in [0.2, 0.25) is 0 Å². The number of carbonyl (C=O) groups excluding carboxylic acids is 1. The summed E-state index contributed by atoms with van der Waals surface area (Å²) in [6.07, 6.45) is 12.1. The first kappa shape index (κ1) is 29.5. The summed E-state index contributed by atoms with van der Waals surface area (Å²) < 4.78 is 6.20. The standard InChI is InChI=1S/C38H56O3/c1-25(2)23-27-15-20-38(33(40)41-24-26-11-9-8-10-12-26)22-21-36(6)28(32(27)38)13-14-30-35(5)18-17-31(39)34(3,4)29(35)16-19-37(30,36)7/h8-12,27-32,39H,1,13-24H2,2-7H3. The molecule has 0 heterocycles. The maximum absolute atomic E-state index is 14.2. The van der Waals surface area contributed by atoms with Gasteiger partial charge in [-0.1, -0.05) is 70.5 Å². The molecular formula is C38H56O3. The molecule has 0 radical (unpaired) electrons. The van der Waals surface area contributed by atoms with Crippen LogP contribution in [0.3, 0.4) is 0 Å². The largest absolute Gasteiger partial charge is 0.460 e. The SMILES string of the molecule is C=C(C)CC1CCC2(C(=O)OCc3ccccc3)CCC3(C)C(CCC4C5(C)CCC(O)C(C)(C)C5CCC43C)C12. The van der Waals surface area contributed by atoms with Crippen LogP contribution in [0.25, 0.3) is 0 Å². The van der Waals surface area contributed by atoms with Crippen LogP contribution in [0.15, 0.2) is 42.5 Å². The molecule has 1 aromatic rings. The van der Waals surface area contributed by atoms with Crippen molar-refractivity contribution in [2.75, 3.05) is 0 Å². The van der Waals surface area contributed by atoms with Crippen molar-refractivity contribution in [1.29, 1.82) is 0 Å². The number of ether oxygens (including phenoxy) is 1. The van der Waals surface area contributed by atoms with E-state index in [0.29, 0.717) is 36.2 Å². The van der Waals surface area contributed by atoms with Gasteiger partial charge in [0.25, 0.3) is 0 Å². The molecule has 1 aromatic carbocycles. The molecule has 3 nitrogen and oxygen atoms in total. The van der Waals surface area contributed by atoms with Gasteiger partial charge in [-0.15, -0.1) is 6.58 Å². The summed E-state index contributed by atoms with van der Waals surface area (Å²) >= 11 is 0. The molecule has 1 N–H and O–H groups in total. The van der Waals surface area contributed by atoms with Gasteiger partial charge >= 0.3 is 5.97 Å². The number of allylic oxidation sites excluding steroid dienone is 1. The number of benzene rings is 1. The molecule has 5 aliphatic rings. The molecule has 3 heteroatoms. The van der Waals surface area contributed by atoms with Crippen molar-refractivity contribution in [3.05, 3.63) is 48.0 Å². The van der Waals surface area contributed by atoms with E-state index in [1.165, 1.54) is 31.3 Å². The topological polar surface area (TPSA) is 46.5 Å². The number of aliphatic hydroxyl groups excluding tert-OH is 1. The number of rotatable bonds is 5. The smallest absolute Gasteiger partial charge is 0.312 e. The highest BCUT2D eigenvalue weighted by Crippen LogP contribution is 2.77. The highest BCUT2D eigenvalue weighted by atomic mass is 16.5. The van der Waals surface area contributed by atoms with Crippen molar-refractivity contribution in [3.8, 4) is 0 Å². The Bertz CT molecular complexity index is 1170. The zero-order valence-corrected chi connectivity index (χ0v) is 26.8. The molecule has 10 atom stereocenters. The zero-order chi connectivity index (χ0) is 29.4. The number of hydrogen-bond donors (Lipinski definition) is 1. The third-order valence-electron chi connectivity index (χ3n) is 14.8. The summed E-state index contributed by atoms with van der Waals surface area (Å²) in [5, 5.41) is 11.0. The average molecular weight is 561 g/mol. The average Bonchev–Trinajstić information content (AvgIpc) is 3.29. The minimum Gasteiger partial charge on any atom is -0.460 e. The summed E-state index contributed by atoms with van der Waals surface area (Å²) in [5.41, 5.74) is 2.72. The van der Waals surface area contributed by atoms with E-state index in [1.54, 1.807) is 0 Å². The lowest BCUT2D eigenvalue weighted by Gasteiger charge is -2.72. The van der Waals surface area contributed by atoms with Gasteiger partial charge in [-0.25, -0.2) is 0 Å². The highest BCUT2D eigenvalue weighted by Gasteiger charge is 2.72. The van der Waals surface area contributed by atoms with Crippen LogP contribution in [0.1, 0.15) is 118 Å². The fraction of sp³-hybridized carbons (Fsp3) is 0.763. The van der Waals surface area contributed by atoms with Gasteiger partial charge in [0, 0.05) is 0 Å². The summed E-state index contributed by atoms with van der Waals surface area (Å²) in [7, 11) is 0. The monoisotopic (exact) mass is 560 g/mol. The maximum atomic E-state index is 14.2. The second kappa shape index (κ2) is 9.96. The Morgan fingerprint density at radius 3 is 2.32 bits per heavy atom. The summed E-state index contributed by atoms with van der Waals surface area (Å²) in [4.78, 5) is 14.2. The molecule has 0 amide bonds. The fourth-order valence-corrected chi connectivity index (χ4v) is 12.6. The van der Waals surface area contributed by atoms with E-state index in [9.17, 15) is 9.90 Å². The van der Waals surface area contributed by atoms with E-state index >= 15 is 0 Å². The lowest BCUT2D eigenvalue weighted by molar-refractivity contribution is -0.249. The van der Waals surface area contributed by atoms with Gasteiger partial charge in [0.1, 0.15) is 6.61 Å². The van der Waals surface area contributed by atoms with Crippen molar-refractivity contribution in [1.82, 2.24) is 0 Å².